The lowest BCUT2D eigenvalue weighted by Gasteiger charge is -2.15. The van der Waals surface area contributed by atoms with Crippen molar-refractivity contribution in [1.29, 1.82) is 0 Å². The minimum absolute atomic E-state index is 0.898. The number of rotatable bonds is 0. The highest BCUT2D eigenvalue weighted by Crippen LogP contribution is 2.21. The zero-order valence-electron chi connectivity index (χ0n) is 6.81. The number of nitrogens with zero attached hydrogens (tertiary/aromatic N) is 1. The molecule has 2 heteroatoms. The summed E-state index contributed by atoms with van der Waals surface area (Å²) in [5.41, 5.74) is 0. The number of halogens is 1. The molecule has 1 rings (SSSR count). The van der Waals surface area contributed by atoms with E-state index in [0.717, 1.165) is 9.84 Å². The van der Waals surface area contributed by atoms with E-state index in [2.05, 4.69) is 41.5 Å². The van der Waals surface area contributed by atoms with Crippen molar-refractivity contribution in [3.63, 3.8) is 0 Å². The van der Waals surface area contributed by atoms with Gasteiger partial charge in [0.2, 0.25) is 0 Å². The molecule has 0 aromatic carbocycles. The average molecular weight is 253 g/mol. The van der Waals surface area contributed by atoms with Crippen LogP contribution in [0.4, 0.5) is 0 Å². The molecule has 0 amide bonds. The van der Waals surface area contributed by atoms with Crippen molar-refractivity contribution in [2.45, 2.75) is 23.7 Å². The van der Waals surface area contributed by atoms with Gasteiger partial charge in [0.1, 0.15) is 0 Å². The molecular formula is C8H16IN. The summed E-state index contributed by atoms with van der Waals surface area (Å²) in [5, 5.41) is 0. The van der Waals surface area contributed by atoms with E-state index >= 15 is 0 Å². The second kappa shape index (κ2) is 3.90. The van der Waals surface area contributed by atoms with Gasteiger partial charge >= 0.3 is 0 Å². The van der Waals surface area contributed by atoms with Gasteiger partial charge in [0.05, 0.1) is 0 Å². The van der Waals surface area contributed by atoms with Gasteiger partial charge in [-0.25, -0.2) is 0 Å². The maximum atomic E-state index is 2.58. The van der Waals surface area contributed by atoms with Crippen LogP contribution in [0.2, 0.25) is 0 Å². The molecule has 1 heterocycles. The fourth-order valence-corrected chi connectivity index (χ4v) is 2.76. The van der Waals surface area contributed by atoms with Gasteiger partial charge in [-0.2, -0.15) is 0 Å². The Balaban J connectivity index is 2.38. The molecule has 0 radical (unpaired) electrons. The van der Waals surface area contributed by atoms with E-state index in [-0.39, 0.29) is 0 Å². The van der Waals surface area contributed by atoms with Gasteiger partial charge in [-0.3, -0.25) is 0 Å². The van der Waals surface area contributed by atoms with Crippen molar-refractivity contribution in [1.82, 2.24) is 4.90 Å². The van der Waals surface area contributed by atoms with E-state index in [1.807, 2.05) is 0 Å². The molecule has 2 atom stereocenters. The molecular weight excluding hydrogens is 237 g/mol. The highest BCUT2D eigenvalue weighted by molar-refractivity contribution is 14.1. The van der Waals surface area contributed by atoms with Crippen molar-refractivity contribution in [2.24, 2.45) is 5.92 Å². The molecule has 0 aromatic heterocycles. The molecule has 1 fully saturated rings. The largest absolute Gasteiger partial charge is 0.306 e. The van der Waals surface area contributed by atoms with Crippen LogP contribution in [0.3, 0.4) is 0 Å². The first-order valence-electron chi connectivity index (χ1n) is 4.01. The molecule has 1 saturated heterocycles. The third kappa shape index (κ3) is 2.74. The maximum Gasteiger partial charge on any atom is 0.0125 e. The predicted molar refractivity (Wildman–Crippen MR) is 53.7 cm³/mol. The van der Waals surface area contributed by atoms with E-state index in [1.54, 1.807) is 0 Å². The first kappa shape index (κ1) is 8.78. The zero-order valence-corrected chi connectivity index (χ0v) is 8.97. The molecule has 0 aromatic rings. The topological polar surface area (TPSA) is 3.24 Å². The number of hydrogen-bond acceptors (Lipinski definition) is 1. The summed E-state index contributed by atoms with van der Waals surface area (Å²) in [4.78, 5) is 2.45. The van der Waals surface area contributed by atoms with Crippen molar-refractivity contribution >= 4 is 22.6 Å². The summed E-state index contributed by atoms with van der Waals surface area (Å²) >= 11 is 2.58. The first-order valence-corrected chi connectivity index (χ1v) is 5.25. The Morgan fingerprint density at radius 2 is 2.20 bits per heavy atom. The fraction of sp³-hybridized carbons (Fsp3) is 1.00. The Morgan fingerprint density at radius 1 is 1.50 bits per heavy atom. The van der Waals surface area contributed by atoms with E-state index in [0.29, 0.717) is 0 Å². The molecule has 60 valence electrons. The summed E-state index contributed by atoms with van der Waals surface area (Å²) in [7, 11) is 2.23. The summed E-state index contributed by atoms with van der Waals surface area (Å²) in [6, 6.07) is 0. The number of likely N-dealkylation sites (tertiary alicyclic amines) is 1. The van der Waals surface area contributed by atoms with E-state index in [4.69, 9.17) is 0 Å². The fourth-order valence-electron chi connectivity index (χ4n) is 1.61. The van der Waals surface area contributed by atoms with E-state index < -0.39 is 0 Å². The highest BCUT2D eigenvalue weighted by atomic mass is 127. The normalized spacial score (nSPS) is 37.5. The molecule has 10 heavy (non-hydrogen) atoms. The maximum absolute atomic E-state index is 2.58. The van der Waals surface area contributed by atoms with Crippen LogP contribution in [0.1, 0.15) is 19.8 Å². The lowest BCUT2D eigenvalue weighted by molar-refractivity contribution is 0.310. The smallest absolute Gasteiger partial charge is 0.0125 e. The van der Waals surface area contributed by atoms with Gasteiger partial charge < -0.3 is 4.90 Å². The van der Waals surface area contributed by atoms with Crippen LogP contribution in [0.25, 0.3) is 0 Å². The van der Waals surface area contributed by atoms with Gasteiger partial charge in [-0.15, -0.1) is 0 Å². The Morgan fingerprint density at radius 3 is 2.90 bits per heavy atom. The van der Waals surface area contributed by atoms with Crippen LogP contribution in [-0.2, 0) is 0 Å². The minimum Gasteiger partial charge on any atom is -0.306 e. The van der Waals surface area contributed by atoms with Gasteiger partial charge in [0.25, 0.3) is 0 Å². The molecule has 1 nitrogen and oxygen atoms in total. The van der Waals surface area contributed by atoms with Crippen LogP contribution >= 0.6 is 22.6 Å². The Hall–Kier alpha value is 0.690. The van der Waals surface area contributed by atoms with Gasteiger partial charge in [-0.05, 0) is 32.4 Å². The van der Waals surface area contributed by atoms with Crippen LogP contribution in [-0.4, -0.2) is 29.0 Å². The van der Waals surface area contributed by atoms with E-state index in [1.165, 1.54) is 25.9 Å². The number of hydrogen-bond donors (Lipinski definition) is 0. The van der Waals surface area contributed by atoms with Crippen molar-refractivity contribution in [3.05, 3.63) is 0 Å². The van der Waals surface area contributed by atoms with Gasteiger partial charge in [0, 0.05) is 10.5 Å². The standard InChI is InChI=1S/C8H16IN/c1-7-5-8(9)3-4-10(2)6-7/h7-8H,3-6H2,1-2H3. The summed E-state index contributed by atoms with van der Waals surface area (Å²) < 4.78 is 0.914. The lowest BCUT2D eigenvalue weighted by Crippen LogP contribution is -2.22. The average Bonchev–Trinajstić information content (AvgIpc) is 1.93. The highest BCUT2D eigenvalue weighted by Gasteiger charge is 2.16. The third-order valence-electron chi connectivity index (χ3n) is 2.11. The van der Waals surface area contributed by atoms with Crippen LogP contribution in [0.5, 0.6) is 0 Å². The molecule has 0 aliphatic carbocycles. The van der Waals surface area contributed by atoms with Crippen LogP contribution in [0.15, 0.2) is 0 Å². The first-order chi connectivity index (χ1) is 4.68. The summed E-state index contributed by atoms with van der Waals surface area (Å²) in [6.07, 6.45) is 2.78. The van der Waals surface area contributed by atoms with E-state index in [9.17, 15) is 0 Å². The molecule has 2 unspecified atom stereocenters. The summed E-state index contributed by atoms with van der Waals surface area (Å²) in [6.45, 7) is 4.94. The lowest BCUT2D eigenvalue weighted by atomic mass is 10.1. The third-order valence-corrected chi connectivity index (χ3v) is 3.24. The van der Waals surface area contributed by atoms with Crippen LogP contribution in [0, 0.1) is 5.92 Å². The zero-order chi connectivity index (χ0) is 7.56. The second-order valence-corrected chi connectivity index (χ2v) is 5.25. The Kier molecular flexibility index (Phi) is 3.43. The molecule has 0 spiro atoms. The quantitative estimate of drug-likeness (QED) is 0.472. The SMILES string of the molecule is CC1CC(I)CCN(C)C1. The molecule has 0 saturated carbocycles. The van der Waals surface area contributed by atoms with Gasteiger partial charge in [-0.1, -0.05) is 29.5 Å². The van der Waals surface area contributed by atoms with Crippen LogP contribution < -0.4 is 0 Å². The predicted octanol–water partition coefficient (Wildman–Crippen LogP) is 2.15. The van der Waals surface area contributed by atoms with Gasteiger partial charge in [0.15, 0.2) is 0 Å². The number of alkyl halides is 1. The molecule has 0 N–H and O–H groups in total. The van der Waals surface area contributed by atoms with Crippen molar-refractivity contribution < 1.29 is 0 Å². The summed E-state index contributed by atoms with van der Waals surface area (Å²) in [5.74, 6) is 0.898. The molecule has 1 aliphatic heterocycles. The Bertz CT molecular complexity index is 93.4. The Labute approximate surface area is 77.3 Å². The minimum atomic E-state index is 0.898. The van der Waals surface area contributed by atoms with Crippen molar-refractivity contribution in [2.75, 3.05) is 20.1 Å². The molecule has 1 aliphatic rings. The second-order valence-electron chi connectivity index (χ2n) is 3.49. The molecule has 0 bridgehead atoms. The monoisotopic (exact) mass is 253 g/mol. The van der Waals surface area contributed by atoms with Crippen molar-refractivity contribution in [3.8, 4) is 0 Å².